The van der Waals surface area contributed by atoms with Crippen LogP contribution >= 0.6 is 0 Å². The van der Waals surface area contributed by atoms with E-state index in [-0.39, 0.29) is 11.8 Å². The van der Waals surface area contributed by atoms with E-state index in [2.05, 4.69) is 10.6 Å². The highest BCUT2D eigenvalue weighted by Gasteiger charge is 2.18. The molecule has 2 N–H and O–H groups in total. The Kier molecular flexibility index (Phi) is 7.49. The van der Waals surface area contributed by atoms with Crippen molar-refractivity contribution in [1.29, 1.82) is 0 Å². The van der Waals surface area contributed by atoms with Crippen molar-refractivity contribution in [2.45, 2.75) is 39.9 Å². The molecular formula is C26H28N2O4. The Morgan fingerprint density at radius 1 is 0.656 bits per heavy atom. The van der Waals surface area contributed by atoms with Gasteiger partial charge in [0.1, 0.15) is 11.5 Å². The molecule has 0 aliphatic carbocycles. The van der Waals surface area contributed by atoms with Crippen molar-refractivity contribution in [1.82, 2.24) is 0 Å². The molecule has 6 heteroatoms. The Bertz CT molecular complexity index is 1010. The highest BCUT2D eigenvalue weighted by Crippen LogP contribution is 2.21. The Morgan fingerprint density at radius 2 is 1.06 bits per heavy atom. The zero-order valence-electron chi connectivity index (χ0n) is 18.7. The van der Waals surface area contributed by atoms with Crippen LogP contribution in [0.4, 0.5) is 11.4 Å². The minimum Gasteiger partial charge on any atom is -0.481 e. The zero-order chi connectivity index (χ0) is 23.1. The first-order chi connectivity index (χ1) is 15.3. The Balaban J connectivity index is 1.58. The lowest BCUT2D eigenvalue weighted by Gasteiger charge is -2.17. The summed E-state index contributed by atoms with van der Waals surface area (Å²) in [6.07, 6.45) is -1.37. The molecule has 166 valence electrons. The lowest BCUT2D eigenvalue weighted by atomic mass is 10.2. The number of rotatable bonds is 8. The summed E-state index contributed by atoms with van der Waals surface area (Å²) in [7, 11) is 0. The van der Waals surface area contributed by atoms with Crippen LogP contribution in [-0.4, -0.2) is 24.0 Å². The van der Waals surface area contributed by atoms with E-state index >= 15 is 0 Å². The molecule has 3 aromatic carbocycles. The third-order valence-electron chi connectivity index (χ3n) is 4.93. The molecule has 0 aliphatic rings. The van der Waals surface area contributed by atoms with Gasteiger partial charge in [-0.1, -0.05) is 42.5 Å². The van der Waals surface area contributed by atoms with E-state index in [4.69, 9.17) is 9.47 Å². The normalized spacial score (nSPS) is 12.4. The number of nitrogens with one attached hydrogen (secondary N) is 2. The lowest BCUT2D eigenvalue weighted by molar-refractivity contribution is -0.122. The quantitative estimate of drug-likeness (QED) is 0.518. The number of carbonyl (C=O) groups excluding carboxylic acids is 2. The van der Waals surface area contributed by atoms with E-state index in [0.717, 1.165) is 11.1 Å². The van der Waals surface area contributed by atoms with Gasteiger partial charge in [0.25, 0.3) is 11.8 Å². The molecule has 0 saturated heterocycles. The van der Waals surface area contributed by atoms with Crippen molar-refractivity contribution in [3.05, 3.63) is 83.9 Å². The summed E-state index contributed by atoms with van der Waals surface area (Å²) in [5, 5.41) is 5.65. The van der Waals surface area contributed by atoms with Crippen molar-refractivity contribution in [3.63, 3.8) is 0 Å². The smallest absolute Gasteiger partial charge is 0.265 e. The highest BCUT2D eigenvalue weighted by atomic mass is 16.5. The van der Waals surface area contributed by atoms with Crippen molar-refractivity contribution in [2.75, 3.05) is 10.6 Å². The Hall–Kier alpha value is -3.80. The summed E-state index contributed by atoms with van der Waals surface area (Å²) in [6, 6.07) is 22.0. The Morgan fingerprint density at radius 3 is 1.47 bits per heavy atom. The number of benzene rings is 3. The summed E-state index contributed by atoms with van der Waals surface area (Å²) in [5.74, 6) is 0.763. The molecule has 2 atom stereocenters. The summed E-state index contributed by atoms with van der Waals surface area (Å²) in [4.78, 5) is 25.1. The fraction of sp³-hybridized carbons (Fsp3) is 0.231. The second-order valence-corrected chi connectivity index (χ2v) is 7.61. The maximum Gasteiger partial charge on any atom is 0.265 e. The average Bonchev–Trinajstić information content (AvgIpc) is 2.77. The number of anilines is 2. The van der Waals surface area contributed by atoms with E-state index in [1.54, 1.807) is 38.1 Å². The maximum atomic E-state index is 12.6. The SMILES string of the molecule is Cc1ccccc1O[C@@H](C)C(=O)Nc1cccc(NC(=O)[C@H](C)Oc2ccccc2C)c1. The zero-order valence-corrected chi connectivity index (χ0v) is 18.7. The molecule has 0 unspecified atom stereocenters. The largest absolute Gasteiger partial charge is 0.481 e. The van der Waals surface area contributed by atoms with E-state index in [1.807, 2.05) is 62.4 Å². The van der Waals surface area contributed by atoms with E-state index in [9.17, 15) is 9.59 Å². The van der Waals surface area contributed by atoms with Gasteiger partial charge in [-0.05, 0) is 69.2 Å². The average molecular weight is 433 g/mol. The third-order valence-corrected chi connectivity index (χ3v) is 4.93. The van der Waals surface area contributed by atoms with Gasteiger partial charge in [0.05, 0.1) is 0 Å². The van der Waals surface area contributed by atoms with Crippen LogP contribution in [0.15, 0.2) is 72.8 Å². The van der Waals surface area contributed by atoms with Gasteiger partial charge in [-0.3, -0.25) is 9.59 Å². The predicted molar refractivity (Wildman–Crippen MR) is 126 cm³/mol. The topological polar surface area (TPSA) is 76.7 Å². The molecule has 0 spiro atoms. The number of carbonyl (C=O) groups is 2. The van der Waals surface area contributed by atoms with Crippen LogP contribution in [0, 0.1) is 13.8 Å². The molecule has 32 heavy (non-hydrogen) atoms. The summed E-state index contributed by atoms with van der Waals surface area (Å²) in [6.45, 7) is 7.24. The van der Waals surface area contributed by atoms with Crippen molar-refractivity contribution >= 4 is 23.2 Å². The van der Waals surface area contributed by atoms with Crippen LogP contribution in [-0.2, 0) is 9.59 Å². The fourth-order valence-electron chi connectivity index (χ4n) is 3.03. The number of para-hydroxylation sites is 2. The van der Waals surface area contributed by atoms with Gasteiger partial charge in [-0.15, -0.1) is 0 Å². The molecule has 0 bridgehead atoms. The van der Waals surface area contributed by atoms with Gasteiger partial charge in [0, 0.05) is 11.4 Å². The van der Waals surface area contributed by atoms with E-state index in [1.165, 1.54) is 0 Å². The van der Waals surface area contributed by atoms with Gasteiger partial charge in [-0.2, -0.15) is 0 Å². The van der Waals surface area contributed by atoms with Crippen molar-refractivity contribution in [2.24, 2.45) is 0 Å². The van der Waals surface area contributed by atoms with Gasteiger partial charge < -0.3 is 20.1 Å². The molecule has 2 amide bonds. The predicted octanol–water partition coefficient (Wildman–Crippen LogP) is 5.12. The minimum atomic E-state index is -0.683. The van der Waals surface area contributed by atoms with Gasteiger partial charge in [-0.25, -0.2) is 0 Å². The first-order valence-electron chi connectivity index (χ1n) is 10.5. The molecular weight excluding hydrogens is 404 g/mol. The minimum absolute atomic E-state index is 0.284. The van der Waals surface area contributed by atoms with Gasteiger partial charge in [0.15, 0.2) is 12.2 Å². The number of amides is 2. The third kappa shape index (κ3) is 6.11. The summed E-state index contributed by atoms with van der Waals surface area (Å²) >= 11 is 0. The summed E-state index contributed by atoms with van der Waals surface area (Å²) in [5.41, 5.74) is 3.03. The maximum absolute atomic E-state index is 12.6. The first-order valence-corrected chi connectivity index (χ1v) is 10.5. The number of hydrogen-bond donors (Lipinski definition) is 2. The highest BCUT2D eigenvalue weighted by molar-refractivity contribution is 5.97. The molecule has 3 aromatic rings. The molecule has 0 heterocycles. The van der Waals surface area contributed by atoms with Gasteiger partial charge in [0.2, 0.25) is 0 Å². The molecule has 0 radical (unpaired) electrons. The van der Waals surface area contributed by atoms with Crippen molar-refractivity contribution in [3.8, 4) is 11.5 Å². The van der Waals surface area contributed by atoms with Gasteiger partial charge >= 0.3 is 0 Å². The van der Waals surface area contributed by atoms with E-state index in [0.29, 0.717) is 22.9 Å². The van der Waals surface area contributed by atoms with Crippen LogP contribution in [0.3, 0.4) is 0 Å². The summed E-state index contributed by atoms with van der Waals surface area (Å²) < 4.78 is 11.5. The molecule has 6 nitrogen and oxygen atoms in total. The first kappa shape index (κ1) is 22.9. The van der Waals surface area contributed by atoms with Crippen molar-refractivity contribution < 1.29 is 19.1 Å². The number of hydrogen-bond acceptors (Lipinski definition) is 4. The molecule has 3 rings (SSSR count). The lowest BCUT2D eigenvalue weighted by Crippen LogP contribution is -2.31. The fourth-order valence-corrected chi connectivity index (χ4v) is 3.03. The van der Waals surface area contributed by atoms with Crippen LogP contribution in [0.2, 0.25) is 0 Å². The standard InChI is InChI=1S/C26H28N2O4/c1-17-10-5-7-14-23(17)31-19(3)25(29)27-21-12-9-13-22(16-21)28-26(30)20(4)32-24-15-8-6-11-18(24)2/h5-16,19-20H,1-4H3,(H,27,29)(H,28,30)/t19-,20-/m0/s1. The van der Waals surface area contributed by atoms with Crippen LogP contribution in [0.25, 0.3) is 0 Å². The van der Waals surface area contributed by atoms with Crippen LogP contribution in [0.1, 0.15) is 25.0 Å². The molecule has 0 aromatic heterocycles. The molecule has 0 fully saturated rings. The second kappa shape index (κ2) is 10.5. The second-order valence-electron chi connectivity index (χ2n) is 7.61. The Labute approximate surface area is 188 Å². The molecule has 0 aliphatic heterocycles. The number of ether oxygens (including phenoxy) is 2. The number of aryl methyl sites for hydroxylation is 2. The molecule has 0 saturated carbocycles. The monoisotopic (exact) mass is 432 g/mol. The van der Waals surface area contributed by atoms with Crippen LogP contribution < -0.4 is 20.1 Å². The van der Waals surface area contributed by atoms with E-state index < -0.39 is 12.2 Å². The van der Waals surface area contributed by atoms with Crippen LogP contribution in [0.5, 0.6) is 11.5 Å².